The Morgan fingerprint density at radius 2 is 2.06 bits per heavy atom. The third-order valence-corrected chi connectivity index (χ3v) is 3.69. The van der Waals surface area contributed by atoms with Gasteiger partial charge in [-0.1, -0.05) is 19.1 Å². The first kappa shape index (κ1) is 12.1. The van der Waals surface area contributed by atoms with E-state index in [1.807, 2.05) is 11.6 Å². The molecule has 5 heteroatoms. The van der Waals surface area contributed by atoms with Crippen LogP contribution >= 0.6 is 11.8 Å². The van der Waals surface area contributed by atoms with E-state index in [0.717, 1.165) is 16.5 Å². The summed E-state index contributed by atoms with van der Waals surface area (Å²) >= 11 is 1.60. The minimum atomic E-state index is 0.129. The molecule has 4 nitrogen and oxygen atoms in total. The highest BCUT2D eigenvalue weighted by Crippen LogP contribution is 2.26. The third-order valence-electron chi connectivity index (χ3n) is 2.63. The number of hydrogen-bond donors (Lipinski definition) is 1. The fraction of sp³-hybridized carbons (Fsp3) is 0.333. The average molecular weight is 248 g/mol. The van der Waals surface area contributed by atoms with Crippen LogP contribution in [-0.4, -0.2) is 14.8 Å². The quantitative estimate of drug-likeness (QED) is 0.902. The van der Waals surface area contributed by atoms with Gasteiger partial charge in [0.15, 0.2) is 5.16 Å². The summed E-state index contributed by atoms with van der Waals surface area (Å²) in [5, 5.41) is 8.77. The van der Waals surface area contributed by atoms with E-state index < -0.39 is 0 Å². The van der Waals surface area contributed by atoms with Gasteiger partial charge in [-0.05, 0) is 35.9 Å². The van der Waals surface area contributed by atoms with E-state index in [0.29, 0.717) is 0 Å². The van der Waals surface area contributed by atoms with Gasteiger partial charge in [0.1, 0.15) is 6.33 Å². The Bertz CT molecular complexity index is 478. The van der Waals surface area contributed by atoms with Crippen molar-refractivity contribution in [2.24, 2.45) is 12.8 Å². The predicted molar refractivity (Wildman–Crippen MR) is 68.8 cm³/mol. The Kier molecular flexibility index (Phi) is 3.81. The molecule has 0 bridgehead atoms. The molecule has 0 spiro atoms. The summed E-state index contributed by atoms with van der Waals surface area (Å²) in [6.07, 6.45) is 2.65. The molecule has 2 N–H and O–H groups in total. The average Bonchev–Trinajstić information content (AvgIpc) is 2.75. The van der Waals surface area contributed by atoms with Gasteiger partial charge in [-0.25, -0.2) is 0 Å². The Hall–Kier alpha value is -1.33. The van der Waals surface area contributed by atoms with Crippen molar-refractivity contribution in [3.05, 3.63) is 36.2 Å². The molecule has 90 valence electrons. The Morgan fingerprint density at radius 3 is 2.59 bits per heavy atom. The smallest absolute Gasteiger partial charge is 0.195 e. The number of aromatic nitrogens is 3. The summed E-state index contributed by atoms with van der Waals surface area (Å²) in [7, 11) is 1.93. The van der Waals surface area contributed by atoms with Gasteiger partial charge in [-0.3, -0.25) is 0 Å². The van der Waals surface area contributed by atoms with Crippen LogP contribution in [0.2, 0.25) is 0 Å². The first-order valence-corrected chi connectivity index (χ1v) is 6.39. The highest BCUT2D eigenvalue weighted by molar-refractivity contribution is 7.99. The zero-order valence-electron chi connectivity index (χ0n) is 10.00. The van der Waals surface area contributed by atoms with Gasteiger partial charge in [0, 0.05) is 18.0 Å². The summed E-state index contributed by atoms with van der Waals surface area (Å²) in [6, 6.07) is 8.43. The normalized spacial score (nSPS) is 12.6. The van der Waals surface area contributed by atoms with Crippen molar-refractivity contribution >= 4 is 11.8 Å². The molecule has 17 heavy (non-hydrogen) atoms. The van der Waals surface area contributed by atoms with Gasteiger partial charge < -0.3 is 10.3 Å². The molecule has 2 rings (SSSR count). The number of hydrogen-bond acceptors (Lipinski definition) is 4. The summed E-state index contributed by atoms with van der Waals surface area (Å²) < 4.78 is 1.90. The Labute approximate surface area is 105 Å². The first-order valence-electron chi connectivity index (χ1n) is 5.58. The molecule has 0 unspecified atom stereocenters. The Balaban J connectivity index is 2.11. The largest absolute Gasteiger partial charge is 0.324 e. The van der Waals surface area contributed by atoms with Crippen molar-refractivity contribution in [1.82, 2.24) is 14.8 Å². The molecular weight excluding hydrogens is 232 g/mol. The fourth-order valence-electron chi connectivity index (χ4n) is 1.49. The van der Waals surface area contributed by atoms with Crippen LogP contribution in [0, 0.1) is 0 Å². The van der Waals surface area contributed by atoms with E-state index in [1.165, 1.54) is 5.56 Å². The lowest BCUT2D eigenvalue weighted by Gasteiger charge is -2.09. The maximum Gasteiger partial charge on any atom is 0.195 e. The summed E-state index contributed by atoms with van der Waals surface area (Å²) in [4.78, 5) is 1.15. The topological polar surface area (TPSA) is 56.7 Å². The zero-order chi connectivity index (χ0) is 12.3. The second-order valence-corrected chi connectivity index (χ2v) is 4.95. The van der Waals surface area contributed by atoms with E-state index in [4.69, 9.17) is 5.73 Å². The standard InChI is InChI=1S/C12H16N4S/c1-3-11(13)9-4-6-10(7-5-9)17-12-15-14-8-16(12)2/h4-8,11H,3,13H2,1-2H3/t11-/m1/s1. The molecule has 1 atom stereocenters. The summed E-state index contributed by atoms with van der Waals surface area (Å²) in [5.74, 6) is 0. The monoisotopic (exact) mass is 248 g/mol. The second kappa shape index (κ2) is 5.33. The molecule has 1 aromatic carbocycles. The lowest BCUT2D eigenvalue weighted by molar-refractivity contribution is 0.698. The SMILES string of the molecule is CC[C@@H](N)c1ccc(Sc2nncn2C)cc1. The summed E-state index contributed by atoms with van der Waals surface area (Å²) in [6.45, 7) is 2.09. The highest BCUT2D eigenvalue weighted by atomic mass is 32.2. The summed E-state index contributed by atoms with van der Waals surface area (Å²) in [5.41, 5.74) is 7.15. The van der Waals surface area contributed by atoms with Gasteiger partial charge in [-0.2, -0.15) is 0 Å². The number of nitrogens with two attached hydrogens (primary N) is 1. The van der Waals surface area contributed by atoms with Crippen LogP contribution < -0.4 is 5.73 Å². The lowest BCUT2D eigenvalue weighted by Crippen LogP contribution is -2.07. The van der Waals surface area contributed by atoms with Crippen molar-refractivity contribution in [2.45, 2.75) is 29.4 Å². The second-order valence-electron chi connectivity index (χ2n) is 3.91. The van der Waals surface area contributed by atoms with Crippen molar-refractivity contribution < 1.29 is 0 Å². The van der Waals surface area contributed by atoms with Crippen LogP contribution in [0.15, 0.2) is 40.6 Å². The Morgan fingerprint density at radius 1 is 1.35 bits per heavy atom. The number of nitrogens with zero attached hydrogens (tertiary/aromatic N) is 3. The van der Waals surface area contributed by atoms with Crippen molar-refractivity contribution in [3.63, 3.8) is 0 Å². The van der Waals surface area contributed by atoms with Crippen molar-refractivity contribution in [3.8, 4) is 0 Å². The number of rotatable bonds is 4. The minimum absolute atomic E-state index is 0.129. The van der Waals surface area contributed by atoms with Gasteiger partial charge in [0.05, 0.1) is 0 Å². The molecule has 1 aromatic heterocycles. The molecule has 2 aromatic rings. The van der Waals surface area contributed by atoms with E-state index in [9.17, 15) is 0 Å². The van der Waals surface area contributed by atoms with Crippen molar-refractivity contribution in [1.29, 1.82) is 0 Å². The van der Waals surface area contributed by atoms with Crippen LogP contribution in [0.3, 0.4) is 0 Å². The number of benzene rings is 1. The van der Waals surface area contributed by atoms with E-state index >= 15 is 0 Å². The zero-order valence-corrected chi connectivity index (χ0v) is 10.8. The lowest BCUT2D eigenvalue weighted by atomic mass is 10.1. The van der Waals surface area contributed by atoms with Crippen molar-refractivity contribution in [2.75, 3.05) is 0 Å². The molecular formula is C12H16N4S. The van der Waals surface area contributed by atoms with Gasteiger partial charge >= 0.3 is 0 Å². The van der Waals surface area contributed by atoms with Gasteiger partial charge in [0.25, 0.3) is 0 Å². The van der Waals surface area contributed by atoms with E-state index in [2.05, 4.69) is 41.4 Å². The molecule has 0 aliphatic carbocycles. The molecule has 0 aliphatic rings. The first-order chi connectivity index (χ1) is 8.20. The highest BCUT2D eigenvalue weighted by Gasteiger charge is 2.05. The van der Waals surface area contributed by atoms with Crippen LogP contribution in [0.1, 0.15) is 24.9 Å². The maximum atomic E-state index is 5.97. The van der Waals surface area contributed by atoms with E-state index in [1.54, 1.807) is 18.1 Å². The van der Waals surface area contributed by atoms with Crippen LogP contribution in [0.4, 0.5) is 0 Å². The molecule has 0 amide bonds. The van der Waals surface area contributed by atoms with Gasteiger partial charge in [-0.15, -0.1) is 10.2 Å². The predicted octanol–water partition coefficient (Wildman–Crippen LogP) is 2.38. The third kappa shape index (κ3) is 2.87. The van der Waals surface area contributed by atoms with Crippen LogP contribution in [-0.2, 0) is 7.05 Å². The number of aryl methyl sites for hydroxylation is 1. The van der Waals surface area contributed by atoms with E-state index in [-0.39, 0.29) is 6.04 Å². The molecule has 0 saturated carbocycles. The maximum absolute atomic E-state index is 5.97. The van der Waals surface area contributed by atoms with Gasteiger partial charge in [0.2, 0.25) is 0 Å². The molecule has 0 saturated heterocycles. The molecule has 0 fully saturated rings. The van der Waals surface area contributed by atoms with Crippen LogP contribution in [0.5, 0.6) is 0 Å². The minimum Gasteiger partial charge on any atom is -0.324 e. The van der Waals surface area contributed by atoms with Crippen LogP contribution in [0.25, 0.3) is 0 Å². The molecule has 0 radical (unpaired) electrons. The molecule has 1 heterocycles. The fourth-order valence-corrected chi connectivity index (χ4v) is 2.25. The molecule has 0 aliphatic heterocycles.